The molecule has 0 aliphatic carbocycles. The average molecular weight is 553 g/mol. The van der Waals surface area contributed by atoms with Gasteiger partial charge in [0.1, 0.15) is 0 Å². The summed E-state index contributed by atoms with van der Waals surface area (Å²) >= 11 is 0. The van der Waals surface area contributed by atoms with Gasteiger partial charge in [-0.2, -0.15) is 30.4 Å². The molecule has 9 nitrogen and oxygen atoms in total. The molecular weight excluding hydrogens is 527 g/mol. The lowest BCUT2D eigenvalue weighted by Gasteiger charge is -2.49. The van der Waals surface area contributed by atoms with Crippen LogP contribution in [0.1, 0.15) is 38.1 Å². The van der Waals surface area contributed by atoms with E-state index in [1.807, 2.05) is 0 Å². The van der Waals surface area contributed by atoms with Gasteiger partial charge < -0.3 is 9.84 Å². The summed E-state index contributed by atoms with van der Waals surface area (Å²) < 4.78 is 108. The molecule has 200 valence electrons. The number of hydrogen-bond acceptors (Lipinski definition) is 9. The van der Waals surface area contributed by atoms with Crippen LogP contribution in [0.4, 0.5) is 22.0 Å². The number of ketones is 2. The Morgan fingerprint density at radius 1 is 1.00 bits per heavy atom. The third kappa shape index (κ3) is 5.62. The first-order chi connectivity index (χ1) is 15.7. The third-order valence-corrected chi connectivity index (χ3v) is 6.18. The number of ether oxygens (including phenoxy) is 1. The van der Waals surface area contributed by atoms with Gasteiger partial charge in [0.2, 0.25) is 5.78 Å². The molecule has 0 radical (unpaired) electrons. The monoisotopic (exact) mass is 552 g/mol. The molecule has 0 fully saturated rings. The van der Waals surface area contributed by atoms with Crippen molar-refractivity contribution in [3.05, 3.63) is 35.9 Å². The topological polar surface area (TPSA) is 125 Å². The van der Waals surface area contributed by atoms with Gasteiger partial charge in [0.15, 0.2) is 28.0 Å². The van der Waals surface area contributed by atoms with E-state index in [1.165, 1.54) is 18.2 Å². The maximum Gasteiger partial charge on any atom is 0.523 e. The molecule has 16 heteroatoms. The van der Waals surface area contributed by atoms with Gasteiger partial charge in [-0.25, -0.2) is 9.07 Å². The smallest absolute Gasteiger partial charge is 0.382 e. The molecule has 1 N–H and O–H groups in total. The minimum absolute atomic E-state index is 0.326. The molecule has 35 heavy (non-hydrogen) atoms. The molecule has 1 rings (SSSR count). The molecule has 0 saturated heterocycles. The fourth-order valence-corrected chi connectivity index (χ4v) is 3.91. The number of carbonyl (C=O) groups is 2. The van der Waals surface area contributed by atoms with E-state index in [4.69, 9.17) is 4.74 Å². The lowest BCUT2D eigenvalue weighted by molar-refractivity contribution is -0.455. The molecule has 0 heterocycles. The first kappa shape index (κ1) is 31.2. The fourth-order valence-electron chi connectivity index (χ4n) is 2.97. The predicted molar refractivity (Wildman–Crippen MR) is 113 cm³/mol. The summed E-state index contributed by atoms with van der Waals surface area (Å²) in [7, 11) is -7.10. The Bertz CT molecular complexity index is 1030. The Balaban J connectivity index is 4.07. The number of aliphatic hydroxyl groups excluding tert-OH is 1. The van der Waals surface area contributed by atoms with Crippen LogP contribution in [-0.4, -0.2) is 71.6 Å². The normalized spacial score (nSPS) is 17.9. The minimum Gasteiger partial charge on any atom is -0.382 e. The van der Waals surface area contributed by atoms with Crippen LogP contribution in [0, 0.1) is 5.41 Å². The van der Waals surface area contributed by atoms with E-state index < -0.39 is 66.5 Å². The molecule has 1 unspecified atom stereocenters. The van der Waals surface area contributed by atoms with Gasteiger partial charge in [0.25, 0.3) is 0 Å². The molecule has 0 aliphatic rings. The zero-order chi connectivity index (χ0) is 27.7. The second kappa shape index (κ2) is 10.3. The summed E-state index contributed by atoms with van der Waals surface area (Å²) in [5.41, 5.74) is -12.1. The summed E-state index contributed by atoms with van der Waals surface area (Å²) in [4.78, 5) is 30.0. The van der Waals surface area contributed by atoms with Crippen LogP contribution in [0.2, 0.25) is 0 Å². The van der Waals surface area contributed by atoms with Crippen molar-refractivity contribution in [1.29, 1.82) is 0 Å². The first-order valence-corrected chi connectivity index (χ1v) is 11.9. The van der Waals surface area contributed by atoms with Gasteiger partial charge in [-0.3, -0.25) is 14.2 Å². The van der Waals surface area contributed by atoms with Crippen molar-refractivity contribution in [2.24, 2.45) is 5.41 Å². The zero-order valence-electron chi connectivity index (χ0n) is 19.5. The highest BCUT2D eigenvalue weighted by molar-refractivity contribution is 7.87. The zero-order valence-corrected chi connectivity index (χ0v) is 22.3. The Kier molecular flexibility index (Phi) is 9.16. The molecular formula is C19H25F5O9SSi. The lowest BCUT2D eigenvalue weighted by atomic mass is 9.75. The average Bonchev–Trinajstić information content (AvgIpc) is 2.75. The molecule has 0 spiro atoms. The van der Waals surface area contributed by atoms with Crippen LogP contribution in [0.3, 0.4) is 0 Å². The minimum atomic E-state index is -6.98. The highest BCUT2D eigenvalue weighted by Crippen LogP contribution is 2.50. The Morgan fingerprint density at radius 3 is 1.86 bits per heavy atom. The summed E-state index contributed by atoms with van der Waals surface area (Å²) in [6.07, 6.45) is -2.87. The van der Waals surface area contributed by atoms with Crippen molar-refractivity contribution in [2.45, 2.75) is 56.6 Å². The van der Waals surface area contributed by atoms with E-state index >= 15 is 8.78 Å². The van der Waals surface area contributed by atoms with Gasteiger partial charge in [-0.15, -0.1) is 0 Å². The second-order valence-electron chi connectivity index (χ2n) is 8.45. The highest BCUT2D eigenvalue weighted by atomic mass is 32.2. The van der Waals surface area contributed by atoms with Gasteiger partial charge in [-0.1, -0.05) is 51.1 Å². The summed E-state index contributed by atoms with van der Waals surface area (Å²) in [5, 5.41) is 10.8. The summed E-state index contributed by atoms with van der Waals surface area (Å²) in [6, 6.07) is 6.34. The molecule has 1 aromatic rings. The molecule has 0 saturated carbocycles. The van der Waals surface area contributed by atoms with E-state index in [9.17, 15) is 36.3 Å². The highest BCUT2D eigenvalue weighted by Gasteiger charge is 2.78. The van der Waals surface area contributed by atoms with Crippen molar-refractivity contribution >= 4 is 32.2 Å². The van der Waals surface area contributed by atoms with Crippen LogP contribution in [0.25, 0.3) is 0 Å². The van der Waals surface area contributed by atoms with Crippen molar-refractivity contribution in [3.8, 4) is 0 Å². The van der Waals surface area contributed by atoms with Crippen LogP contribution in [0.5, 0.6) is 0 Å². The van der Waals surface area contributed by atoms with Crippen LogP contribution >= 0.6 is 0 Å². The number of alkyl halides is 5. The Labute approximate surface area is 201 Å². The summed E-state index contributed by atoms with van der Waals surface area (Å²) in [5.74, 6) is -13.6. The van der Waals surface area contributed by atoms with Crippen molar-refractivity contribution in [1.82, 2.24) is 0 Å². The first-order valence-electron chi connectivity index (χ1n) is 9.65. The van der Waals surface area contributed by atoms with Gasteiger partial charge in [0, 0.05) is 18.1 Å². The number of benzene rings is 1. The molecule has 1 aromatic carbocycles. The number of carbonyl (C=O) groups excluding carboxylic acids is 2. The maximum absolute atomic E-state index is 15.8. The van der Waals surface area contributed by atoms with E-state index in [2.05, 4.69) is 13.6 Å². The van der Waals surface area contributed by atoms with Crippen LogP contribution < -0.4 is 0 Å². The Hall–Kier alpha value is -1.82. The lowest BCUT2D eigenvalue weighted by Crippen LogP contribution is -2.75. The van der Waals surface area contributed by atoms with E-state index in [1.54, 1.807) is 0 Å². The SMILES string of the molecule is CO[C@](C)(C(O)C(=O)c1ccccc1)[C@@](OO[SiH3])(OS(=O)(=O)C(F)(F)F)C(F)(F)C(=O)C(C)(C)C. The molecule has 0 amide bonds. The van der Waals surface area contributed by atoms with Crippen molar-refractivity contribution in [3.63, 3.8) is 0 Å². The maximum atomic E-state index is 15.8. The summed E-state index contributed by atoms with van der Waals surface area (Å²) in [6.45, 7) is 3.26. The number of hydrogen-bond donors (Lipinski definition) is 1. The number of Topliss-reactive ketones (excluding diaryl/α,β-unsaturated/α-hetero) is 2. The van der Waals surface area contributed by atoms with Crippen molar-refractivity contribution in [2.75, 3.05) is 7.11 Å². The standard InChI is InChI=1S/C19H25F5O9SSi/c1-15(2,3)14(27)17(20,21)18(31-33-35,32-34(28,29)19(22,23)24)16(4,30-5)13(26)12(25)11-9-7-6-8-10-11/h6-10,13,26H,1-5,35H3/t13?,16-,18-/m1/s1. The molecule has 0 aromatic heterocycles. The van der Waals surface area contributed by atoms with E-state index in [0.717, 1.165) is 32.9 Å². The number of rotatable bonds is 11. The molecule has 0 bridgehead atoms. The molecule has 0 aliphatic heterocycles. The number of halogens is 5. The predicted octanol–water partition coefficient (Wildman–Crippen LogP) is 1.68. The third-order valence-electron chi connectivity index (χ3n) is 5.00. The second-order valence-corrected chi connectivity index (χ2v) is 10.3. The largest absolute Gasteiger partial charge is 0.523 e. The fraction of sp³-hybridized carbons (Fsp3) is 0.579. The van der Waals surface area contributed by atoms with Crippen molar-refractivity contribution < 1.29 is 63.4 Å². The van der Waals surface area contributed by atoms with Gasteiger partial charge in [0.05, 0.1) is 0 Å². The van der Waals surface area contributed by atoms with E-state index in [-0.39, 0.29) is 5.56 Å². The van der Waals surface area contributed by atoms with Gasteiger partial charge in [-0.05, 0) is 6.92 Å². The number of methoxy groups -OCH3 is 1. The quantitative estimate of drug-likeness (QED) is 0.0638. The Morgan fingerprint density at radius 2 is 1.49 bits per heavy atom. The van der Waals surface area contributed by atoms with E-state index in [0.29, 0.717) is 14.0 Å². The molecule has 3 atom stereocenters. The number of aliphatic hydroxyl groups is 1. The van der Waals surface area contributed by atoms with Gasteiger partial charge >= 0.3 is 27.3 Å². The van der Waals surface area contributed by atoms with Crippen LogP contribution in [0.15, 0.2) is 30.3 Å². The van der Waals surface area contributed by atoms with Crippen LogP contribution in [-0.2, 0) is 33.3 Å².